The summed E-state index contributed by atoms with van der Waals surface area (Å²) in [4.78, 5) is 14.7. The Hall–Kier alpha value is -2.42. The van der Waals surface area contributed by atoms with E-state index in [9.17, 15) is 17.6 Å². The fourth-order valence-electron chi connectivity index (χ4n) is 3.53. The lowest BCUT2D eigenvalue weighted by molar-refractivity contribution is 0.0736. The van der Waals surface area contributed by atoms with E-state index in [1.54, 1.807) is 23.5 Å². The van der Waals surface area contributed by atoms with Crippen LogP contribution in [-0.4, -0.2) is 25.8 Å². The molecule has 5 nitrogen and oxygen atoms in total. The molecule has 1 aliphatic rings. The molecule has 3 aromatic rings. The molecule has 2 heterocycles. The molecule has 1 N–H and O–H groups in total. The molecule has 1 unspecified atom stereocenters. The van der Waals surface area contributed by atoms with Crippen molar-refractivity contribution >= 4 is 44.6 Å². The molecule has 30 heavy (non-hydrogen) atoms. The fourth-order valence-corrected chi connectivity index (χ4v) is 5.56. The molecule has 1 amide bonds. The third-order valence-electron chi connectivity index (χ3n) is 5.03. The third kappa shape index (κ3) is 4.21. The number of sulfonamides is 1. The zero-order valence-electron chi connectivity index (χ0n) is 15.7. The van der Waals surface area contributed by atoms with Crippen LogP contribution in [0.5, 0.6) is 0 Å². The van der Waals surface area contributed by atoms with E-state index in [4.69, 9.17) is 11.6 Å². The van der Waals surface area contributed by atoms with E-state index >= 15 is 0 Å². The number of benzene rings is 2. The predicted octanol–water partition coefficient (Wildman–Crippen LogP) is 5.32. The zero-order valence-corrected chi connectivity index (χ0v) is 18.1. The van der Waals surface area contributed by atoms with Crippen LogP contribution in [0.3, 0.4) is 0 Å². The van der Waals surface area contributed by atoms with Gasteiger partial charge in [0.05, 0.1) is 16.0 Å². The summed E-state index contributed by atoms with van der Waals surface area (Å²) in [6, 6.07) is 11.6. The minimum atomic E-state index is -3.94. The number of likely N-dealkylation sites (tertiary alicyclic amines) is 1. The molecule has 1 fully saturated rings. The van der Waals surface area contributed by atoms with Gasteiger partial charge in [0.15, 0.2) is 0 Å². The highest BCUT2D eigenvalue weighted by molar-refractivity contribution is 7.92. The molecule has 4 rings (SSSR count). The second-order valence-corrected chi connectivity index (χ2v) is 9.84. The van der Waals surface area contributed by atoms with Crippen molar-refractivity contribution in [3.05, 3.63) is 81.3 Å². The van der Waals surface area contributed by atoms with Crippen molar-refractivity contribution in [2.45, 2.75) is 23.8 Å². The van der Waals surface area contributed by atoms with Crippen LogP contribution in [0, 0.1) is 5.82 Å². The van der Waals surface area contributed by atoms with Crippen LogP contribution in [0.2, 0.25) is 5.02 Å². The number of thiophene rings is 1. The van der Waals surface area contributed by atoms with Crippen LogP contribution >= 0.6 is 22.9 Å². The highest BCUT2D eigenvalue weighted by Crippen LogP contribution is 2.34. The number of hydrogen-bond donors (Lipinski definition) is 1. The molecule has 9 heteroatoms. The maximum absolute atomic E-state index is 13.3. The summed E-state index contributed by atoms with van der Waals surface area (Å²) in [5.41, 5.74) is 1.93. The van der Waals surface area contributed by atoms with Gasteiger partial charge in [-0.25, -0.2) is 12.8 Å². The summed E-state index contributed by atoms with van der Waals surface area (Å²) in [7, 11) is -3.94. The second-order valence-electron chi connectivity index (χ2n) is 6.97. The largest absolute Gasteiger partial charge is 0.332 e. The van der Waals surface area contributed by atoms with Crippen LogP contribution in [0.15, 0.2) is 64.2 Å². The zero-order chi connectivity index (χ0) is 21.3. The highest BCUT2D eigenvalue weighted by Gasteiger charge is 2.30. The van der Waals surface area contributed by atoms with Crippen LogP contribution in [0.1, 0.15) is 34.8 Å². The van der Waals surface area contributed by atoms with Crippen LogP contribution < -0.4 is 4.72 Å². The summed E-state index contributed by atoms with van der Waals surface area (Å²) in [5.74, 6) is -0.774. The molecule has 0 bridgehead atoms. The normalized spacial score (nSPS) is 16.6. The Morgan fingerprint density at radius 1 is 1.17 bits per heavy atom. The molecule has 0 saturated carbocycles. The molecule has 0 aliphatic carbocycles. The number of anilines is 1. The maximum Gasteiger partial charge on any atom is 0.261 e. The summed E-state index contributed by atoms with van der Waals surface area (Å²) < 4.78 is 40.7. The monoisotopic (exact) mass is 464 g/mol. The van der Waals surface area contributed by atoms with Crippen LogP contribution in [0.4, 0.5) is 10.1 Å². The average molecular weight is 465 g/mol. The van der Waals surface area contributed by atoms with Gasteiger partial charge in [0.25, 0.3) is 15.9 Å². The van der Waals surface area contributed by atoms with E-state index in [0.29, 0.717) is 17.8 Å². The predicted molar refractivity (Wildman–Crippen MR) is 116 cm³/mol. The molecular weight excluding hydrogens is 447 g/mol. The number of amides is 1. The highest BCUT2D eigenvalue weighted by atomic mass is 35.5. The first-order valence-electron chi connectivity index (χ1n) is 9.26. The van der Waals surface area contributed by atoms with Gasteiger partial charge in [-0.15, -0.1) is 0 Å². The van der Waals surface area contributed by atoms with E-state index in [2.05, 4.69) is 10.1 Å². The van der Waals surface area contributed by atoms with Gasteiger partial charge in [-0.1, -0.05) is 11.6 Å². The lowest BCUT2D eigenvalue weighted by Crippen LogP contribution is -2.30. The van der Waals surface area contributed by atoms with Gasteiger partial charge in [-0.3, -0.25) is 9.52 Å². The Kier molecular flexibility index (Phi) is 5.81. The lowest BCUT2D eigenvalue weighted by atomic mass is 10.1. The van der Waals surface area contributed by atoms with Crippen molar-refractivity contribution in [2.75, 3.05) is 11.3 Å². The molecule has 0 radical (unpaired) electrons. The van der Waals surface area contributed by atoms with Gasteiger partial charge < -0.3 is 4.90 Å². The van der Waals surface area contributed by atoms with Gasteiger partial charge in [0.2, 0.25) is 0 Å². The Balaban J connectivity index is 1.50. The molecule has 2 aromatic carbocycles. The lowest BCUT2D eigenvalue weighted by Gasteiger charge is -2.24. The maximum atomic E-state index is 13.3. The number of carbonyl (C=O) groups is 1. The molecular formula is C21H18ClFN2O3S2. The second kappa shape index (κ2) is 8.37. The van der Waals surface area contributed by atoms with E-state index in [-0.39, 0.29) is 21.9 Å². The Morgan fingerprint density at radius 2 is 1.93 bits per heavy atom. The minimum absolute atomic E-state index is 0.0742. The number of rotatable bonds is 5. The number of nitrogens with one attached hydrogen (secondary N) is 1. The summed E-state index contributed by atoms with van der Waals surface area (Å²) in [5, 5.41) is 3.80. The van der Waals surface area contributed by atoms with Crippen molar-refractivity contribution in [1.29, 1.82) is 0 Å². The molecule has 1 aromatic heterocycles. The van der Waals surface area contributed by atoms with E-state index in [1.807, 2.05) is 16.3 Å². The summed E-state index contributed by atoms with van der Waals surface area (Å²) >= 11 is 7.29. The number of nitrogens with zero attached hydrogens (tertiary/aromatic N) is 1. The third-order valence-corrected chi connectivity index (χ3v) is 7.40. The minimum Gasteiger partial charge on any atom is -0.332 e. The Bertz CT molecular complexity index is 1170. The number of carbonyl (C=O) groups excluding carboxylic acids is 1. The molecule has 156 valence electrons. The smallest absolute Gasteiger partial charge is 0.261 e. The van der Waals surface area contributed by atoms with Crippen molar-refractivity contribution in [1.82, 2.24) is 4.90 Å². The van der Waals surface area contributed by atoms with Crippen LogP contribution in [0.25, 0.3) is 0 Å². The Morgan fingerprint density at radius 3 is 2.60 bits per heavy atom. The number of halogens is 2. The fraction of sp³-hybridized carbons (Fsp3) is 0.190. The topological polar surface area (TPSA) is 66.5 Å². The van der Waals surface area contributed by atoms with Crippen molar-refractivity contribution in [3.63, 3.8) is 0 Å². The van der Waals surface area contributed by atoms with E-state index in [1.165, 1.54) is 12.1 Å². The van der Waals surface area contributed by atoms with Gasteiger partial charge in [0.1, 0.15) is 5.82 Å². The number of hydrogen-bond acceptors (Lipinski definition) is 4. The van der Waals surface area contributed by atoms with Gasteiger partial charge in [0, 0.05) is 17.8 Å². The SMILES string of the molecule is O=C(c1ccc(NS(=O)(=O)c2ccc(F)c(Cl)c2)cc1)N1CCCC1c1ccsc1. The van der Waals surface area contributed by atoms with Crippen molar-refractivity contribution < 1.29 is 17.6 Å². The molecule has 1 saturated heterocycles. The van der Waals surface area contributed by atoms with Crippen LogP contribution in [-0.2, 0) is 10.0 Å². The molecule has 1 atom stereocenters. The summed E-state index contributed by atoms with van der Waals surface area (Å²) in [6.45, 7) is 0.694. The quantitative estimate of drug-likeness (QED) is 0.555. The van der Waals surface area contributed by atoms with Gasteiger partial charge in [-0.2, -0.15) is 11.3 Å². The first-order chi connectivity index (χ1) is 14.3. The molecule has 1 aliphatic heterocycles. The van der Waals surface area contributed by atoms with Crippen molar-refractivity contribution in [3.8, 4) is 0 Å². The first kappa shape index (κ1) is 20.8. The van der Waals surface area contributed by atoms with Gasteiger partial charge in [-0.05, 0) is 77.7 Å². The van der Waals surface area contributed by atoms with E-state index in [0.717, 1.165) is 36.6 Å². The Labute approximate surface area is 183 Å². The first-order valence-corrected chi connectivity index (χ1v) is 12.1. The van der Waals surface area contributed by atoms with Gasteiger partial charge >= 0.3 is 0 Å². The van der Waals surface area contributed by atoms with E-state index < -0.39 is 15.8 Å². The van der Waals surface area contributed by atoms with Crippen molar-refractivity contribution in [2.24, 2.45) is 0 Å². The standard InChI is InChI=1S/C21H18ClFN2O3S2/c22-18-12-17(7-8-19(18)23)30(27,28)24-16-5-3-14(4-6-16)21(26)25-10-1-2-20(25)15-9-11-29-13-15/h3-9,11-13,20,24H,1-2,10H2. The average Bonchev–Trinajstić information content (AvgIpc) is 3.41. The summed E-state index contributed by atoms with van der Waals surface area (Å²) in [6.07, 6.45) is 1.88. The molecule has 0 spiro atoms.